The summed E-state index contributed by atoms with van der Waals surface area (Å²) >= 11 is 1.60. The van der Waals surface area contributed by atoms with Gasteiger partial charge in [-0.05, 0) is 42.2 Å². The molecule has 1 aromatic heterocycles. The van der Waals surface area contributed by atoms with E-state index in [1.54, 1.807) is 16.2 Å². The lowest BCUT2D eigenvalue weighted by molar-refractivity contribution is -0.140. The van der Waals surface area contributed by atoms with Crippen LogP contribution in [0.5, 0.6) is 0 Å². The van der Waals surface area contributed by atoms with E-state index in [-0.39, 0.29) is 24.3 Å². The van der Waals surface area contributed by atoms with E-state index in [1.165, 1.54) is 0 Å². The average molecular weight is 440 g/mol. The highest BCUT2D eigenvalue weighted by molar-refractivity contribution is 7.09. The lowest BCUT2D eigenvalue weighted by Crippen LogP contribution is -2.54. The molecule has 2 fully saturated rings. The average Bonchev–Trinajstić information content (AvgIpc) is 3.37. The van der Waals surface area contributed by atoms with Crippen molar-refractivity contribution in [1.82, 2.24) is 15.1 Å². The van der Waals surface area contributed by atoms with Gasteiger partial charge in [-0.2, -0.15) is 0 Å². The zero-order chi connectivity index (χ0) is 21.8. The summed E-state index contributed by atoms with van der Waals surface area (Å²) in [5.41, 5.74) is 0.314. The highest BCUT2D eigenvalue weighted by atomic mass is 32.1. The molecule has 7 heteroatoms. The molecule has 1 aliphatic heterocycles. The van der Waals surface area contributed by atoms with Crippen LogP contribution in [0.25, 0.3) is 0 Å². The monoisotopic (exact) mass is 439 g/mol. The third-order valence-corrected chi connectivity index (χ3v) is 7.45. The first-order valence-corrected chi connectivity index (χ1v) is 11.9. The maximum atomic E-state index is 13.2. The zero-order valence-electron chi connectivity index (χ0n) is 17.9. The summed E-state index contributed by atoms with van der Waals surface area (Å²) < 4.78 is 0. The van der Waals surface area contributed by atoms with Crippen LogP contribution in [0, 0.1) is 5.92 Å². The van der Waals surface area contributed by atoms with Crippen molar-refractivity contribution in [1.29, 1.82) is 0 Å². The van der Waals surface area contributed by atoms with E-state index in [9.17, 15) is 14.4 Å². The molecule has 4 amide bonds. The molecule has 0 bridgehead atoms. The molecule has 1 saturated carbocycles. The highest BCUT2D eigenvalue weighted by Crippen LogP contribution is 2.38. The number of rotatable bonds is 7. The second-order valence-electron chi connectivity index (χ2n) is 8.57. The third kappa shape index (κ3) is 4.51. The molecule has 1 N–H and O–H groups in total. The summed E-state index contributed by atoms with van der Waals surface area (Å²) in [6.07, 6.45) is 4.27. The van der Waals surface area contributed by atoms with Gasteiger partial charge < -0.3 is 10.2 Å². The van der Waals surface area contributed by atoms with Crippen molar-refractivity contribution < 1.29 is 14.4 Å². The summed E-state index contributed by atoms with van der Waals surface area (Å²) in [5.74, 6) is -0.358. The number of amides is 4. The van der Waals surface area contributed by atoms with Crippen molar-refractivity contribution in [3.05, 3.63) is 58.3 Å². The van der Waals surface area contributed by atoms with Crippen LogP contribution >= 0.6 is 11.3 Å². The van der Waals surface area contributed by atoms with Crippen LogP contribution in [0.2, 0.25) is 0 Å². The molecule has 1 spiro atoms. The van der Waals surface area contributed by atoms with Crippen LogP contribution in [0.4, 0.5) is 4.79 Å². The Labute approximate surface area is 187 Å². The predicted molar refractivity (Wildman–Crippen MR) is 120 cm³/mol. The number of hydrogen-bond donors (Lipinski definition) is 1. The summed E-state index contributed by atoms with van der Waals surface area (Å²) in [6, 6.07) is 13.5. The van der Waals surface area contributed by atoms with Gasteiger partial charge in [0.15, 0.2) is 0 Å². The fourth-order valence-electron chi connectivity index (χ4n) is 4.67. The fourth-order valence-corrected chi connectivity index (χ4v) is 5.39. The molecule has 31 heavy (non-hydrogen) atoms. The van der Waals surface area contributed by atoms with Crippen LogP contribution in [0.1, 0.15) is 43.0 Å². The van der Waals surface area contributed by atoms with Crippen LogP contribution < -0.4 is 5.32 Å². The van der Waals surface area contributed by atoms with Crippen molar-refractivity contribution in [2.45, 2.75) is 51.1 Å². The van der Waals surface area contributed by atoms with Crippen molar-refractivity contribution >= 4 is 29.2 Å². The van der Waals surface area contributed by atoms with Gasteiger partial charge in [-0.25, -0.2) is 4.79 Å². The van der Waals surface area contributed by atoms with Gasteiger partial charge in [0.1, 0.15) is 12.1 Å². The number of nitrogens with one attached hydrogen (secondary N) is 1. The maximum absolute atomic E-state index is 13.2. The second kappa shape index (κ2) is 9.22. The zero-order valence-corrected chi connectivity index (χ0v) is 18.7. The Kier molecular flexibility index (Phi) is 6.41. The Hall–Kier alpha value is -2.67. The first kappa shape index (κ1) is 21.6. The van der Waals surface area contributed by atoms with Crippen molar-refractivity contribution in [3.63, 3.8) is 0 Å². The van der Waals surface area contributed by atoms with Crippen molar-refractivity contribution in [2.24, 2.45) is 5.92 Å². The Morgan fingerprint density at radius 1 is 1.19 bits per heavy atom. The molecule has 2 aliphatic rings. The second-order valence-corrected chi connectivity index (χ2v) is 9.60. The number of imide groups is 1. The molecule has 0 radical (unpaired) electrons. The molecule has 2 heterocycles. The van der Waals surface area contributed by atoms with E-state index >= 15 is 0 Å². The van der Waals surface area contributed by atoms with Gasteiger partial charge in [0.25, 0.3) is 5.91 Å². The van der Waals surface area contributed by atoms with Crippen LogP contribution in [0.15, 0.2) is 47.8 Å². The normalized spacial score (nSPS) is 23.3. The number of thiophene rings is 1. The van der Waals surface area contributed by atoms with Crippen molar-refractivity contribution in [2.75, 3.05) is 13.1 Å². The third-order valence-electron chi connectivity index (χ3n) is 6.59. The first-order chi connectivity index (χ1) is 15.0. The van der Waals surface area contributed by atoms with Gasteiger partial charge in [-0.3, -0.25) is 14.5 Å². The number of carbonyl (C=O) groups is 3. The number of benzene rings is 1. The topological polar surface area (TPSA) is 69.7 Å². The SMILES string of the molecule is C[C@@H]1CCCC[C@@]12NC(=O)N(CC(=O)N(CCc1ccccc1)Cc1cccs1)C2=O. The Morgan fingerprint density at radius 2 is 2.00 bits per heavy atom. The van der Waals surface area contributed by atoms with Gasteiger partial charge in [-0.15, -0.1) is 11.3 Å². The molecule has 2 aromatic rings. The molecule has 0 unspecified atom stereocenters. The van der Waals surface area contributed by atoms with Crippen LogP contribution in [-0.4, -0.2) is 46.3 Å². The Morgan fingerprint density at radius 3 is 2.71 bits per heavy atom. The predicted octanol–water partition coefficient (Wildman–Crippen LogP) is 3.82. The van der Waals surface area contributed by atoms with E-state index < -0.39 is 11.6 Å². The number of nitrogens with zero attached hydrogens (tertiary/aromatic N) is 2. The molecule has 1 saturated heterocycles. The lowest BCUT2D eigenvalue weighted by Gasteiger charge is -2.36. The summed E-state index contributed by atoms with van der Waals surface area (Å²) in [7, 11) is 0. The number of carbonyl (C=O) groups excluding carboxylic acids is 3. The molecule has 6 nitrogen and oxygen atoms in total. The molecular formula is C24H29N3O3S. The minimum absolute atomic E-state index is 0.0816. The quantitative estimate of drug-likeness (QED) is 0.667. The molecule has 2 atom stereocenters. The number of hydrogen-bond acceptors (Lipinski definition) is 4. The first-order valence-electron chi connectivity index (χ1n) is 11.0. The van der Waals surface area contributed by atoms with Gasteiger partial charge in [0.2, 0.25) is 5.91 Å². The van der Waals surface area contributed by atoms with E-state index in [4.69, 9.17) is 0 Å². The van der Waals surface area contributed by atoms with Gasteiger partial charge in [-0.1, -0.05) is 56.2 Å². The molecule has 1 aliphatic carbocycles. The smallest absolute Gasteiger partial charge is 0.325 e. The minimum Gasteiger partial charge on any atom is -0.336 e. The van der Waals surface area contributed by atoms with Gasteiger partial charge >= 0.3 is 6.03 Å². The lowest BCUT2D eigenvalue weighted by atomic mass is 9.73. The van der Waals surface area contributed by atoms with Crippen LogP contribution in [0.3, 0.4) is 0 Å². The largest absolute Gasteiger partial charge is 0.336 e. The fraction of sp³-hybridized carbons (Fsp3) is 0.458. The summed E-state index contributed by atoms with van der Waals surface area (Å²) in [5, 5.41) is 4.92. The molecule has 164 valence electrons. The highest BCUT2D eigenvalue weighted by Gasteiger charge is 2.55. The van der Waals surface area contributed by atoms with E-state index in [2.05, 4.69) is 5.32 Å². The maximum Gasteiger partial charge on any atom is 0.325 e. The Balaban J connectivity index is 1.47. The van der Waals surface area contributed by atoms with Gasteiger partial charge in [0, 0.05) is 11.4 Å². The summed E-state index contributed by atoms with van der Waals surface area (Å²) in [4.78, 5) is 43.1. The van der Waals surface area contributed by atoms with Crippen molar-refractivity contribution in [3.8, 4) is 0 Å². The summed E-state index contributed by atoms with van der Waals surface area (Å²) in [6.45, 7) is 2.82. The number of urea groups is 1. The molecule has 1 aromatic carbocycles. The molecular weight excluding hydrogens is 410 g/mol. The minimum atomic E-state index is -0.835. The van der Waals surface area contributed by atoms with E-state index in [0.717, 1.165) is 41.0 Å². The van der Waals surface area contributed by atoms with Gasteiger partial charge in [0.05, 0.1) is 6.54 Å². The van der Waals surface area contributed by atoms with E-state index in [0.29, 0.717) is 19.5 Å². The van der Waals surface area contributed by atoms with E-state index in [1.807, 2.05) is 54.8 Å². The molecule has 4 rings (SSSR count). The standard InChI is InChI=1S/C24H29N3O3S/c1-18-8-5-6-13-24(18)22(29)27(23(30)25-24)17-21(28)26(16-20-11-7-15-31-20)14-12-19-9-3-2-4-10-19/h2-4,7,9-11,15,18H,5-6,8,12-14,16-17H2,1H3,(H,25,30)/t18-,24-/m1/s1. The van der Waals surface area contributed by atoms with Crippen LogP contribution in [-0.2, 0) is 22.6 Å². The Bertz CT molecular complexity index is 931.